The Morgan fingerprint density at radius 3 is 2.30 bits per heavy atom. The molecule has 3 unspecified atom stereocenters. The maximum absolute atomic E-state index is 14.7. The maximum Gasteiger partial charge on any atom is 0.223 e. The van der Waals surface area contributed by atoms with Gasteiger partial charge in [0.25, 0.3) is 0 Å². The Bertz CT molecular complexity index is 1920. The van der Waals surface area contributed by atoms with E-state index in [0.29, 0.717) is 54.0 Å². The zero-order valence-corrected chi connectivity index (χ0v) is 37.4. The number of likely N-dealkylation sites (tertiary alicyclic amines) is 1. The van der Waals surface area contributed by atoms with Gasteiger partial charge in [-0.3, -0.25) is 4.79 Å². The molecule has 15 heteroatoms. The molecule has 342 valence electrons. The van der Waals surface area contributed by atoms with Gasteiger partial charge in [-0.25, -0.2) is 18.7 Å². The highest BCUT2D eigenvalue weighted by atomic mass is 19.1. The van der Waals surface area contributed by atoms with Crippen molar-refractivity contribution in [1.82, 2.24) is 25.5 Å². The molecule has 3 atom stereocenters. The van der Waals surface area contributed by atoms with E-state index in [2.05, 4.69) is 41.0 Å². The van der Waals surface area contributed by atoms with Gasteiger partial charge in [-0.2, -0.15) is 0 Å². The number of rotatable bonds is 18. The summed E-state index contributed by atoms with van der Waals surface area (Å²) in [5.74, 6) is 0.327. The lowest BCUT2D eigenvalue weighted by molar-refractivity contribution is -0.112. The molecule has 1 saturated carbocycles. The summed E-state index contributed by atoms with van der Waals surface area (Å²) in [6.07, 6.45) is 19.9. The number of nitrogens with one attached hydrogen (secondary N) is 4. The summed E-state index contributed by atoms with van der Waals surface area (Å²) in [7, 11) is 7.66. The van der Waals surface area contributed by atoms with E-state index in [1.165, 1.54) is 44.3 Å². The van der Waals surface area contributed by atoms with Crippen molar-refractivity contribution in [2.75, 3.05) is 81.3 Å². The van der Waals surface area contributed by atoms with E-state index in [-0.39, 0.29) is 23.5 Å². The molecular formula is C48H67F2N9O4. The van der Waals surface area contributed by atoms with Crippen molar-refractivity contribution in [3.05, 3.63) is 84.7 Å². The highest BCUT2D eigenvalue weighted by molar-refractivity contribution is 5.69. The molecule has 6 rings (SSSR count). The minimum absolute atomic E-state index is 0.0535. The number of carbonyl (C=O) groups is 4. The van der Waals surface area contributed by atoms with Crippen LogP contribution >= 0.6 is 0 Å². The molecule has 2 aliphatic heterocycles. The zero-order valence-electron chi connectivity index (χ0n) is 37.4. The van der Waals surface area contributed by atoms with Crippen LogP contribution in [0.25, 0.3) is 11.3 Å². The van der Waals surface area contributed by atoms with E-state index in [0.717, 1.165) is 82.7 Å². The number of allylic oxidation sites excluding steroid dienone is 3. The van der Waals surface area contributed by atoms with E-state index >= 15 is 0 Å². The van der Waals surface area contributed by atoms with Gasteiger partial charge < -0.3 is 50.4 Å². The molecule has 2 saturated heterocycles. The lowest BCUT2D eigenvalue weighted by Crippen LogP contribution is -2.45. The predicted octanol–water partition coefficient (Wildman–Crippen LogP) is 6.68. The molecular weight excluding hydrogens is 805 g/mol. The Kier molecular flexibility index (Phi) is 22.0. The summed E-state index contributed by atoms with van der Waals surface area (Å²) in [6.45, 7) is 5.24. The second-order valence-electron chi connectivity index (χ2n) is 16.4. The maximum atomic E-state index is 14.7. The molecule has 4 N–H and O–H groups in total. The third-order valence-corrected chi connectivity index (χ3v) is 11.6. The van der Waals surface area contributed by atoms with E-state index < -0.39 is 11.9 Å². The Labute approximate surface area is 372 Å². The van der Waals surface area contributed by atoms with Crippen LogP contribution in [0, 0.1) is 23.5 Å². The van der Waals surface area contributed by atoms with Crippen LogP contribution in [0.4, 0.5) is 31.8 Å². The number of nitrogens with zero attached hydrogens (tertiary/aromatic N) is 5. The summed E-state index contributed by atoms with van der Waals surface area (Å²) in [5, 5.41) is 12.4. The topological polar surface area (TPSA) is 152 Å². The molecule has 3 aliphatic rings. The van der Waals surface area contributed by atoms with Crippen LogP contribution in [-0.2, 0) is 19.2 Å². The number of carbonyl (C=O) groups excluding carboxylic acids is 4. The van der Waals surface area contributed by atoms with Crippen molar-refractivity contribution in [1.29, 1.82) is 0 Å². The number of benzene rings is 2. The van der Waals surface area contributed by atoms with Crippen LogP contribution in [0.2, 0.25) is 0 Å². The largest absolute Gasteiger partial charge is 0.375 e. The summed E-state index contributed by atoms with van der Waals surface area (Å²) in [6, 6.07) is 12.7. The molecule has 63 heavy (non-hydrogen) atoms. The Balaban J connectivity index is 0.000000260. The number of aromatic nitrogens is 2. The van der Waals surface area contributed by atoms with Gasteiger partial charge in [0, 0.05) is 74.2 Å². The van der Waals surface area contributed by atoms with Crippen LogP contribution < -0.4 is 31.1 Å². The lowest BCUT2D eigenvalue weighted by Gasteiger charge is -2.38. The van der Waals surface area contributed by atoms with Crippen molar-refractivity contribution in [2.45, 2.75) is 82.3 Å². The van der Waals surface area contributed by atoms with Gasteiger partial charge in [-0.1, -0.05) is 24.6 Å². The number of aldehydes is 4. The zero-order chi connectivity index (χ0) is 45.4. The molecule has 3 fully saturated rings. The van der Waals surface area contributed by atoms with Crippen LogP contribution in [0.5, 0.6) is 0 Å². The first-order valence-electron chi connectivity index (χ1n) is 22.2. The highest BCUT2D eigenvalue weighted by Crippen LogP contribution is 2.30. The third-order valence-electron chi connectivity index (χ3n) is 11.6. The van der Waals surface area contributed by atoms with Crippen LogP contribution in [0.1, 0.15) is 64.2 Å². The highest BCUT2D eigenvalue weighted by Gasteiger charge is 2.26. The second kappa shape index (κ2) is 27.6. The second-order valence-corrected chi connectivity index (χ2v) is 16.4. The van der Waals surface area contributed by atoms with Crippen molar-refractivity contribution >= 4 is 48.2 Å². The number of anilines is 4. The summed E-state index contributed by atoms with van der Waals surface area (Å²) < 4.78 is 29.2. The SMILES string of the molecule is CN(/C=C\C=C/C=O)c1cccc(-c2nc(NC3CCCC(C=O)C3)ncc2F)c1.CNC.CNC1CCN(CC2CCN(c3ccc(NC(C=O)CCC=O)cc3F)CC2)CC1. The van der Waals surface area contributed by atoms with Crippen LogP contribution in [-0.4, -0.2) is 119 Å². The van der Waals surface area contributed by atoms with Gasteiger partial charge in [0.2, 0.25) is 5.95 Å². The Morgan fingerprint density at radius 2 is 1.63 bits per heavy atom. The third kappa shape index (κ3) is 16.7. The van der Waals surface area contributed by atoms with Gasteiger partial charge in [0.05, 0.1) is 17.9 Å². The molecule has 2 aromatic carbocycles. The number of hydrogen-bond donors (Lipinski definition) is 4. The summed E-state index contributed by atoms with van der Waals surface area (Å²) in [4.78, 5) is 58.1. The van der Waals surface area contributed by atoms with Crippen molar-refractivity contribution in [2.24, 2.45) is 11.8 Å². The van der Waals surface area contributed by atoms with Gasteiger partial charge >= 0.3 is 0 Å². The van der Waals surface area contributed by atoms with Crippen molar-refractivity contribution < 1.29 is 28.0 Å². The van der Waals surface area contributed by atoms with Gasteiger partial charge in [0.1, 0.15) is 36.7 Å². The van der Waals surface area contributed by atoms with Crippen molar-refractivity contribution in [3.63, 3.8) is 0 Å². The minimum Gasteiger partial charge on any atom is -0.375 e. The Morgan fingerprint density at radius 1 is 0.873 bits per heavy atom. The molecule has 0 radical (unpaired) electrons. The van der Waals surface area contributed by atoms with Crippen LogP contribution in [0.15, 0.2) is 73.1 Å². The fraction of sp³-hybridized carbons (Fsp3) is 0.500. The first-order valence-corrected chi connectivity index (χ1v) is 22.2. The molecule has 0 spiro atoms. The average molecular weight is 872 g/mol. The fourth-order valence-corrected chi connectivity index (χ4v) is 8.17. The fourth-order valence-electron chi connectivity index (χ4n) is 8.17. The van der Waals surface area contributed by atoms with Gasteiger partial charge in [-0.15, -0.1) is 0 Å². The first-order chi connectivity index (χ1) is 30.6. The average Bonchev–Trinajstić information content (AvgIpc) is 3.31. The molecule has 3 heterocycles. The van der Waals surface area contributed by atoms with E-state index in [1.54, 1.807) is 30.5 Å². The number of hydrogen-bond acceptors (Lipinski definition) is 13. The van der Waals surface area contributed by atoms with E-state index in [4.69, 9.17) is 0 Å². The van der Waals surface area contributed by atoms with Crippen molar-refractivity contribution in [3.8, 4) is 11.3 Å². The van der Waals surface area contributed by atoms with Gasteiger partial charge in [-0.05, 0) is 134 Å². The lowest BCUT2D eigenvalue weighted by atomic mass is 9.87. The molecule has 3 aromatic rings. The van der Waals surface area contributed by atoms with Crippen LogP contribution in [0.3, 0.4) is 0 Å². The molecule has 13 nitrogen and oxygen atoms in total. The van der Waals surface area contributed by atoms with Gasteiger partial charge in [0.15, 0.2) is 5.82 Å². The minimum atomic E-state index is -0.501. The quantitative estimate of drug-likeness (QED) is 0.0612. The predicted molar refractivity (Wildman–Crippen MR) is 249 cm³/mol. The molecule has 1 aliphatic carbocycles. The first kappa shape index (κ1) is 50.3. The van der Waals surface area contributed by atoms with E-state index in [1.807, 2.05) is 57.4 Å². The van der Waals surface area contributed by atoms with E-state index in [9.17, 15) is 28.0 Å². The smallest absolute Gasteiger partial charge is 0.223 e. The molecule has 0 amide bonds. The summed E-state index contributed by atoms with van der Waals surface area (Å²) in [5.41, 5.74) is 2.89. The normalized spacial score (nSPS) is 19.0. The number of piperidine rings is 2. The Hall–Kier alpha value is -5.38. The molecule has 1 aromatic heterocycles. The monoisotopic (exact) mass is 872 g/mol. The standard InChI is InChI=1S/C23H35FN4O2.C23H25FN4O2.C2H7N/c1-25-19-8-10-27(11-9-19)16-18-6-12-28(13-7-18)23-5-4-20(15-22(23)24)26-21(17-30)3-2-14-29;1-28(11-3-2-4-12-29)20-10-6-8-18(14-20)22-21(24)15-25-23(27-22)26-19-9-5-7-17(13-19)16-30;1-3-2/h4-5,14-15,17-19,21,25-26H,2-3,6-13,16H2,1H3;2-4,6,8,10-12,14-17,19H,5,7,9,13H2,1H3,(H,25,26,27);3H,1-2H3/b;4-2-,11-3-;. The summed E-state index contributed by atoms with van der Waals surface area (Å²) >= 11 is 0. The molecule has 0 bridgehead atoms. The number of halogens is 2.